The van der Waals surface area contributed by atoms with Gasteiger partial charge in [0.05, 0.1) is 6.61 Å². The summed E-state index contributed by atoms with van der Waals surface area (Å²) < 4.78 is 165. The van der Waals surface area contributed by atoms with Crippen LogP contribution in [0.1, 0.15) is 0 Å². The zero-order chi connectivity index (χ0) is 22.7. The Bertz CT molecular complexity index is 524. The molecule has 28 heavy (non-hydrogen) atoms. The molecule has 0 saturated carbocycles. The molecule has 0 rings (SSSR count). The van der Waals surface area contributed by atoms with E-state index in [0.29, 0.717) is 0 Å². The van der Waals surface area contributed by atoms with Gasteiger partial charge < -0.3 is 9.84 Å². The van der Waals surface area contributed by atoms with Crippen LogP contribution < -0.4 is 0 Å². The molecule has 0 aromatic heterocycles. The van der Waals surface area contributed by atoms with Gasteiger partial charge in [0, 0.05) is 0 Å². The smallest absolute Gasteiger partial charge is 0.387 e. The Morgan fingerprint density at radius 2 is 1.00 bits per heavy atom. The molecule has 1 N–H and O–H groups in total. The van der Waals surface area contributed by atoms with Crippen molar-refractivity contribution in [1.29, 1.82) is 0 Å². The molecule has 168 valence electrons. The van der Waals surface area contributed by atoms with Gasteiger partial charge in [0.25, 0.3) is 0 Å². The average Bonchev–Trinajstić information content (AvgIpc) is 2.43. The van der Waals surface area contributed by atoms with Crippen molar-refractivity contribution in [3.05, 3.63) is 12.7 Å². The Balaban J connectivity index is 5.42. The van der Waals surface area contributed by atoms with Gasteiger partial charge in [0.2, 0.25) is 0 Å². The van der Waals surface area contributed by atoms with Gasteiger partial charge in [-0.05, 0) is 0 Å². The lowest BCUT2D eigenvalue weighted by atomic mass is 10.5. The Morgan fingerprint density at radius 1 is 0.643 bits per heavy atom. The van der Waals surface area contributed by atoms with Gasteiger partial charge in [-0.2, -0.15) is 52.7 Å². The van der Waals surface area contributed by atoms with Crippen molar-refractivity contribution in [1.82, 2.24) is 0 Å². The number of alkyl halides is 12. The van der Waals surface area contributed by atoms with Crippen LogP contribution in [0.25, 0.3) is 0 Å². The maximum absolute atomic E-state index is 13.1. The number of rotatable bonds is 13. The molecular formula is C11H10F12O5. The first-order valence-corrected chi connectivity index (χ1v) is 6.41. The van der Waals surface area contributed by atoms with Gasteiger partial charge in [-0.25, -0.2) is 14.2 Å². The summed E-state index contributed by atoms with van der Waals surface area (Å²) in [6.07, 6.45) is -37.2. The van der Waals surface area contributed by atoms with Gasteiger partial charge in [0.1, 0.15) is 13.2 Å². The highest BCUT2D eigenvalue weighted by Gasteiger charge is 2.74. The number of hydrogen-bond acceptors (Lipinski definition) is 5. The van der Waals surface area contributed by atoms with Crippen LogP contribution in [0.5, 0.6) is 0 Å². The quantitative estimate of drug-likeness (QED) is 0.263. The van der Waals surface area contributed by atoms with E-state index in [4.69, 9.17) is 5.11 Å². The summed E-state index contributed by atoms with van der Waals surface area (Å²) in [7, 11) is 0. The lowest BCUT2D eigenvalue weighted by molar-refractivity contribution is -0.558. The molecule has 0 aliphatic rings. The third-order valence-corrected chi connectivity index (χ3v) is 2.18. The maximum atomic E-state index is 13.1. The van der Waals surface area contributed by atoms with Crippen LogP contribution in [0.4, 0.5) is 52.7 Å². The summed E-state index contributed by atoms with van der Waals surface area (Å²) in [4.78, 5) is 0. The molecular weight excluding hydrogens is 440 g/mol. The molecule has 0 aromatic carbocycles. The first-order valence-electron chi connectivity index (χ1n) is 6.41. The van der Waals surface area contributed by atoms with E-state index in [0.717, 1.165) is 6.08 Å². The van der Waals surface area contributed by atoms with Crippen molar-refractivity contribution in [2.75, 3.05) is 19.8 Å². The fraction of sp³-hybridized carbons (Fsp3) is 0.818. The standard InChI is InChI=1S/C11H10F12O5/c1-2-3-25-5-7(14,15)27-9(18,19)11(22,23)28-10(20,21)8(16,17)26-6(12,13)4-24/h2,24H,1,3-5H2. The van der Waals surface area contributed by atoms with E-state index in [2.05, 4.69) is 20.8 Å². The third kappa shape index (κ3) is 7.26. The second-order valence-corrected chi connectivity index (χ2v) is 4.61. The fourth-order valence-corrected chi connectivity index (χ4v) is 1.10. The lowest BCUT2D eigenvalue weighted by Gasteiger charge is -2.33. The maximum Gasteiger partial charge on any atom is 0.453 e. The number of aliphatic hydroxyl groups is 1. The minimum absolute atomic E-state index is 0.710. The van der Waals surface area contributed by atoms with Crippen LogP contribution >= 0.6 is 0 Å². The van der Waals surface area contributed by atoms with Crippen molar-refractivity contribution in [3.8, 4) is 0 Å². The van der Waals surface area contributed by atoms with E-state index >= 15 is 0 Å². The summed E-state index contributed by atoms with van der Waals surface area (Å²) in [5.74, 6) is 0. The highest BCUT2D eigenvalue weighted by Crippen LogP contribution is 2.48. The minimum atomic E-state index is -6.93. The molecule has 5 nitrogen and oxygen atoms in total. The molecule has 17 heteroatoms. The molecule has 0 spiro atoms. The van der Waals surface area contributed by atoms with E-state index in [1.165, 1.54) is 0 Å². The first-order chi connectivity index (χ1) is 12.2. The SMILES string of the molecule is C=CCOCC(F)(F)OC(F)(F)C(F)(F)OC(F)(F)C(F)(F)OC(F)(F)CO. The highest BCUT2D eigenvalue weighted by molar-refractivity contribution is 4.77. The second kappa shape index (κ2) is 8.60. The molecule has 0 radical (unpaired) electrons. The number of hydrogen-bond donors (Lipinski definition) is 1. The number of halogens is 12. The molecule has 0 fully saturated rings. The zero-order valence-electron chi connectivity index (χ0n) is 13.0. The molecule has 0 unspecified atom stereocenters. The predicted molar refractivity (Wildman–Crippen MR) is 61.0 cm³/mol. The topological polar surface area (TPSA) is 57.2 Å². The molecule has 0 aliphatic carbocycles. The van der Waals surface area contributed by atoms with E-state index < -0.39 is 56.5 Å². The van der Waals surface area contributed by atoms with Crippen molar-refractivity contribution >= 4 is 0 Å². The highest BCUT2D eigenvalue weighted by atomic mass is 19.4. The van der Waals surface area contributed by atoms with Gasteiger partial charge in [0.15, 0.2) is 0 Å². The monoisotopic (exact) mass is 450 g/mol. The largest absolute Gasteiger partial charge is 0.453 e. The first kappa shape index (κ1) is 26.7. The van der Waals surface area contributed by atoms with E-state index in [1.54, 1.807) is 4.74 Å². The van der Waals surface area contributed by atoms with Gasteiger partial charge in [-0.15, -0.1) is 6.58 Å². The molecule has 0 atom stereocenters. The predicted octanol–water partition coefficient (Wildman–Crippen LogP) is 3.79. The minimum Gasteiger partial charge on any atom is -0.387 e. The van der Waals surface area contributed by atoms with E-state index in [9.17, 15) is 52.7 Å². The van der Waals surface area contributed by atoms with Crippen LogP contribution in [-0.4, -0.2) is 61.6 Å². The van der Waals surface area contributed by atoms with Crippen molar-refractivity contribution in [3.63, 3.8) is 0 Å². The van der Waals surface area contributed by atoms with Gasteiger partial charge >= 0.3 is 36.7 Å². The molecule has 0 saturated heterocycles. The average molecular weight is 450 g/mol. The van der Waals surface area contributed by atoms with Crippen LogP contribution in [-0.2, 0) is 18.9 Å². The Hall–Kier alpha value is -1.30. The molecule has 0 amide bonds. The molecule has 0 heterocycles. The van der Waals surface area contributed by atoms with Crippen LogP contribution in [0.3, 0.4) is 0 Å². The second-order valence-electron chi connectivity index (χ2n) is 4.61. The summed E-state index contributed by atoms with van der Waals surface area (Å²) in [6.45, 7) is -2.52. The van der Waals surface area contributed by atoms with Crippen molar-refractivity contribution < 1.29 is 76.7 Å². The summed E-state index contributed by atoms with van der Waals surface area (Å²) in [5.41, 5.74) is 0. The Morgan fingerprint density at radius 3 is 1.36 bits per heavy atom. The van der Waals surface area contributed by atoms with E-state index in [1.807, 2.05) is 0 Å². The zero-order valence-corrected chi connectivity index (χ0v) is 13.0. The Labute approximate surface area is 147 Å². The lowest BCUT2D eigenvalue weighted by Crippen LogP contribution is -2.58. The number of ether oxygens (including phenoxy) is 4. The molecule has 0 aliphatic heterocycles. The fourth-order valence-electron chi connectivity index (χ4n) is 1.10. The summed E-state index contributed by atoms with van der Waals surface area (Å²) in [6, 6.07) is 0. The van der Waals surface area contributed by atoms with Crippen molar-refractivity contribution in [2.24, 2.45) is 0 Å². The van der Waals surface area contributed by atoms with Gasteiger partial charge in [-0.3, -0.25) is 0 Å². The van der Waals surface area contributed by atoms with E-state index in [-0.39, 0.29) is 0 Å². The summed E-state index contributed by atoms with van der Waals surface area (Å²) in [5, 5.41) is 7.92. The van der Waals surface area contributed by atoms with Crippen LogP contribution in [0.2, 0.25) is 0 Å². The normalized spacial score (nSPS) is 15.0. The van der Waals surface area contributed by atoms with Crippen molar-refractivity contribution in [2.45, 2.75) is 36.7 Å². The van der Waals surface area contributed by atoms with Crippen LogP contribution in [0, 0.1) is 0 Å². The number of aliphatic hydroxyl groups excluding tert-OH is 1. The molecule has 0 aromatic rings. The van der Waals surface area contributed by atoms with Crippen LogP contribution in [0.15, 0.2) is 12.7 Å². The third-order valence-electron chi connectivity index (χ3n) is 2.18. The molecule has 0 bridgehead atoms. The van der Waals surface area contributed by atoms with Gasteiger partial charge in [-0.1, -0.05) is 6.08 Å². The summed E-state index contributed by atoms with van der Waals surface area (Å²) >= 11 is 0. The Kier molecular flexibility index (Phi) is 8.20.